The van der Waals surface area contributed by atoms with E-state index in [0.717, 1.165) is 10.5 Å². The van der Waals surface area contributed by atoms with E-state index in [1.165, 1.54) is 10.6 Å². The van der Waals surface area contributed by atoms with E-state index in [2.05, 4.69) is 20.9 Å². The highest BCUT2D eigenvalue weighted by atomic mass is 79.9. The number of hydrogen-bond acceptors (Lipinski definition) is 1. The van der Waals surface area contributed by atoms with Crippen LogP contribution in [0, 0.1) is 16.4 Å². The zero-order chi connectivity index (χ0) is 14.4. The van der Waals surface area contributed by atoms with Gasteiger partial charge in [0.15, 0.2) is 10.6 Å². The molecule has 0 aliphatic heterocycles. The van der Waals surface area contributed by atoms with Crippen LogP contribution in [0.15, 0.2) is 34.8 Å². The van der Waals surface area contributed by atoms with Crippen LogP contribution in [0.5, 0.6) is 0 Å². The molecule has 1 heterocycles. The van der Waals surface area contributed by atoms with Gasteiger partial charge in [-0.05, 0) is 30.4 Å². The van der Waals surface area contributed by atoms with E-state index in [-0.39, 0.29) is 10.3 Å². The molecule has 0 radical (unpaired) electrons. The molecule has 0 amide bonds. The van der Waals surface area contributed by atoms with Crippen molar-refractivity contribution >= 4 is 50.8 Å². The summed E-state index contributed by atoms with van der Waals surface area (Å²) < 4.78 is 29.7. The van der Waals surface area contributed by atoms with Crippen molar-refractivity contribution in [2.45, 2.75) is 0 Å². The first-order valence-electron chi connectivity index (χ1n) is 5.52. The number of aromatic amines is 1. The van der Waals surface area contributed by atoms with Crippen LogP contribution in [-0.2, 0) is 0 Å². The Morgan fingerprint density at radius 2 is 1.95 bits per heavy atom. The standard InChI is InChI=1S/C13H6BrClF2N2S/c14-6-1-2-8(15)10(3-6)19-11-5-7(16)4-9(17)12(11)18-13(19)20/h1-5H,(H,18,20). The molecular formula is C13H6BrClF2N2S. The lowest BCUT2D eigenvalue weighted by Crippen LogP contribution is -1.96. The van der Waals surface area contributed by atoms with Gasteiger partial charge < -0.3 is 4.98 Å². The average molecular weight is 376 g/mol. The molecule has 0 atom stereocenters. The number of halogens is 4. The fourth-order valence-electron chi connectivity index (χ4n) is 2.03. The maximum atomic E-state index is 13.8. The van der Waals surface area contributed by atoms with Crippen LogP contribution < -0.4 is 0 Å². The summed E-state index contributed by atoms with van der Waals surface area (Å²) in [4.78, 5) is 2.73. The number of rotatable bonds is 1. The molecule has 0 spiro atoms. The largest absolute Gasteiger partial charge is 0.328 e. The Kier molecular flexibility index (Phi) is 3.40. The highest BCUT2D eigenvalue weighted by Crippen LogP contribution is 2.29. The van der Waals surface area contributed by atoms with E-state index in [1.807, 2.05) is 0 Å². The van der Waals surface area contributed by atoms with Crippen LogP contribution >= 0.6 is 39.7 Å². The van der Waals surface area contributed by atoms with Gasteiger partial charge in [-0.1, -0.05) is 27.5 Å². The van der Waals surface area contributed by atoms with E-state index in [4.69, 9.17) is 23.8 Å². The third-order valence-electron chi connectivity index (χ3n) is 2.86. The number of benzene rings is 2. The van der Waals surface area contributed by atoms with Crippen molar-refractivity contribution in [3.63, 3.8) is 0 Å². The normalized spacial score (nSPS) is 11.2. The topological polar surface area (TPSA) is 20.7 Å². The molecule has 1 N–H and O–H groups in total. The van der Waals surface area contributed by atoms with Gasteiger partial charge >= 0.3 is 0 Å². The number of nitrogens with one attached hydrogen (secondary N) is 1. The van der Waals surface area contributed by atoms with Crippen molar-refractivity contribution in [1.29, 1.82) is 0 Å². The van der Waals surface area contributed by atoms with Crippen molar-refractivity contribution in [3.05, 3.63) is 56.2 Å². The summed E-state index contributed by atoms with van der Waals surface area (Å²) in [6.45, 7) is 0. The summed E-state index contributed by atoms with van der Waals surface area (Å²) in [5.74, 6) is -1.38. The molecule has 7 heteroatoms. The smallest absolute Gasteiger partial charge is 0.182 e. The first kappa shape index (κ1) is 13.7. The first-order valence-corrected chi connectivity index (χ1v) is 7.10. The monoisotopic (exact) mass is 374 g/mol. The fraction of sp³-hybridized carbons (Fsp3) is 0. The van der Waals surface area contributed by atoms with Gasteiger partial charge in [-0.2, -0.15) is 0 Å². The van der Waals surface area contributed by atoms with Gasteiger partial charge in [0.1, 0.15) is 11.3 Å². The van der Waals surface area contributed by atoms with Crippen molar-refractivity contribution in [3.8, 4) is 5.69 Å². The number of hydrogen-bond donors (Lipinski definition) is 1. The van der Waals surface area contributed by atoms with E-state index in [1.54, 1.807) is 18.2 Å². The Balaban J connectivity index is 2.45. The average Bonchev–Trinajstić information content (AvgIpc) is 2.69. The maximum absolute atomic E-state index is 13.8. The molecule has 3 rings (SSSR count). The molecule has 0 fully saturated rings. The van der Waals surface area contributed by atoms with Crippen molar-refractivity contribution in [1.82, 2.24) is 9.55 Å². The number of imidazole rings is 1. The van der Waals surface area contributed by atoms with Gasteiger partial charge in [0, 0.05) is 16.6 Å². The Bertz CT molecular complexity index is 888. The van der Waals surface area contributed by atoms with Crippen molar-refractivity contribution in [2.24, 2.45) is 0 Å². The summed E-state index contributed by atoms with van der Waals surface area (Å²) in [7, 11) is 0. The maximum Gasteiger partial charge on any atom is 0.182 e. The Morgan fingerprint density at radius 3 is 2.70 bits per heavy atom. The summed E-state index contributed by atoms with van der Waals surface area (Å²) in [5.41, 5.74) is 0.988. The molecule has 0 aliphatic carbocycles. The minimum Gasteiger partial charge on any atom is -0.328 e. The second-order valence-corrected chi connectivity index (χ2v) is 5.85. The molecule has 0 unspecified atom stereocenters. The minimum atomic E-state index is -0.698. The van der Waals surface area contributed by atoms with Crippen LogP contribution in [-0.4, -0.2) is 9.55 Å². The van der Waals surface area contributed by atoms with E-state index in [9.17, 15) is 8.78 Å². The molecule has 0 aliphatic rings. The summed E-state index contributed by atoms with van der Waals surface area (Å²) >= 11 is 14.7. The van der Waals surface area contributed by atoms with Gasteiger partial charge in [-0.25, -0.2) is 8.78 Å². The number of nitrogens with zero attached hydrogens (tertiary/aromatic N) is 1. The molecule has 0 saturated heterocycles. The second kappa shape index (κ2) is 4.95. The zero-order valence-corrected chi connectivity index (χ0v) is 12.9. The molecule has 1 aromatic heterocycles. The third-order valence-corrected chi connectivity index (χ3v) is 3.96. The Labute approximate surface area is 131 Å². The number of fused-ring (bicyclic) bond motifs is 1. The van der Waals surface area contributed by atoms with E-state index in [0.29, 0.717) is 16.2 Å². The molecule has 2 nitrogen and oxygen atoms in total. The molecule has 3 aromatic rings. The molecular weight excluding hydrogens is 370 g/mol. The van der Waals surface area contributed by atoms with Crippen molar-refractivity contribution < 1.29 is 8.78 Å². The predicted octanol–water partition coefficient (Wildman–Crippen LogP) is 5.38. The van der Waals surface area contributed by atoms with Crippen LogP contribution in [0.1, 0.15) is 0 Å². The molecule has 2 aromatic carbocycles. The third kappa shape index (κ3) is 2.17. The fourth-order valence-corrected chi connectivity index (χ4v) is 2.88. The summed E-state index contributed by atoms with van der Waals surface area (Å²) in [6.07, 6.45) is 0. The molecule has 0 bridgehead atoms. The Morgan fingerprint density at radius 1 is 1.20 bits per heavy atom. The Hall–Kier alpha value is -1.24. The zero-order valence-electron chi connectivity index (χ0n) is 9.75. The van der Waals surface area contributed by atoms with E-state index < -0.39 is 11.6 Å². The lowest BCUT2D eigenvalue weighted by molar-refractivity contribution is 0.590. The summed E-state index contributed by atoms with van der Waals surface area (Å²) in [5, 5.41) is 0.426. The quantitative estimate of drug-likeness (QED) is 0.566. The summed E-state index contributed by atoms with van der Waals surface area (Å²) in [6, 6.07) is 7.19. The number of H-pyrrole nitrogens is 1. The van der Waals surface area contributed by atoms with Gasteiger partial charge in [-0.3, -0.25) is 4.57 Å². The second-order valence-electron chi connectivity index (χ2n) is 4.14. The lowest BCUT2D eigenvalue weighted by Gasteiger charge is -2.08. The van der Waals surface area contributed by atoms with Gasteiger partial charge in [0.05, 0.1) is 16.2 Å². The van der Waals surface area contributed by atoms with Gasteiger partial charge in [-0.15, -0.1) is 0 Å². The molecule has 102 valence electrons. The van der Waals surface area contributed by atoms with Gasteiger partial charge in [0.2, 0.25) is 0 Å². The van der Waals surface area contributed by atoms with Crippen LogP contribution in [0.2, 0.25) is 5.02 Å². The minimum absolute atomic E-state index is 0.146. The number of aromatic nitrogens is 2. The SMILES string of the molecule is Fc1cc(F)c2[nH]c(=S)n(-c3cc(Br)ccc3Cl)c2c1. The predicted molar refractivity (Wildman–Crippen MR) is 81.1 cm³/mol. The van der Waals surface area contributed by atoms with Crippen LogP contribution in [0.25, 0.3) is 16.7 Å². The highest BCUT2D eigenvalue weighted by molar-refractivity contribution is 9.10. The molecule has 0 saturated carbocycles. The van der Waals surface area contributed by atoms with E-state index >= 15 is 0 Å². The van der Waals surface area contributed by atoms with Crippen molar-refractivity contribution in [2.75, 3.05) is 0 Å². The first-order chi connectivity index (χ1) is 9.47. The molecule has 20 heavy (non-hydrogen) atoms. The van der Waals surface area contributed by atoms with Crippen LogP contribution in [0.3, 0.4) is 0 Å². The lowest BCUT2D eigenvalue weighted by atomic mass is 10.2. The van der Waals surface area contributed by atoms with Crippen LogP contribution in [0.4, 0.5) is 8.78 Å². The highest BCUT2D eigenvalue weighted by Gasteiger charge is 2.14. The van der Waals surface area contributed by atoms with Gasteiger partial charge in [0.25, 0.3) is 0 Å².